The smallest absolute Gasteiger partial charge is 0.225 e. The molecular weight excluding hydrogens is 440 g/mol. The number of aromatic amines is 1. The standard InChI is InChI=1S/C27H30N6O2/c1-18(32-35)22-16-29-27(30-17-22)33-10-7-23-24-14-21(5-6-25(24)31-26(23)8-11-33)20-4-2-3-19(13-20)15-28-9-12-34/h2-6,13-14,16-17,28,31-32,34-35H,1,7-12,15H2. The van der Waals surface area contributed by atoms with E-state index in [1.165, 1.54) is 38.9 Å². The molecule has 0 bridgehead atoms. The molecule has 35 heavy (non-hydrogen) atoms. The number of hydrogen-bond donors (Lipinski definition) is 5. The zero-order valence-electron chi connectivity index (χ0n) is 19.6. The van der Waals surface area contributed by atoms with E-state index in [1.807, 2.05) is 5.48 Å². The maximum atomic E-state index is 9.03. The van der Waals surface area contributed by atoms with Gasteiger partial charge in [0.05, 0.1) is 12.3 Å². The van der Waals surface area contributed by atoms with Gasteiger partial charge >= 0.3 is 0 Å². The van der Waals surface area contributed by atoms with Gasteiger partial charge in [-0.3, -0.25) is 10.7 Å². The Kier molecular flexibility index (Phi) is 6.76. The molecule has 1 aliphatic rings. The number of aliphatic hydroxyl groups is 1. The van der Waals surface area contributed by atoms with Crippen molar-refractivity contribution in [1.29, 1.82) is 0 Å². The van der Waals surface area contributed by atoms with Crippen LogP contribution in [0.25, 0.3) is 27.7 Å². The Morgan fingerprint density at radius 2 is 1.86 bits per heavy atom. The van der Waals surface area contributed by atoms with E-state index < -0.39 is 0 Å². The first-order valence-electron chi connectivity index (χ1n) is 11.9. The Hall–Kier alpha value is -3.72. The van der Waals surface area contributed by atoms with Gasteiger partial charge in [0.15, 0.2) is 0 Å². The minimum Gasteiger partial charge on any atom is -0.395 e. The summed E-state index contributed by atoms with van der Waals surface area (Å²) < 4.78 is 0. The SMILES string of the molecule is C=C(NO)c1cnc(N2CCc3[nH]c4ccc(-c5cccc(CNCCO)c5)cc4c3CC2)nc1. The van der Waals surface area contributed by atoms with Crippen LogP contribution in [0.3, 0.4) is 0 Å². The fourth-order valence-corrected chi connectivity index (χ4v) is 4.66. The zero-order chi connectivity index (χ0) is 24.2. The molecule has 3 heterocycles. The number of fused-ring (bicyclic) bond motifs is 3. The molecule has 5 N–H and O–H groups in total. The summed E-state index contributed by atoms with van der Waals surface area (Å²) in [5.41, 5.74) is 10.5. The van der Waals surface area contributed by atoms with E-state index in [-0.39, 0.29) is 6.61 Å². The van der Waals surface area contributed by atoms with Crippen molar-refractivity contribution >= 4 is 22.5 Å². The summed E-state index contributed by atoms with van der Waals surface area (Å²) in [4.78, 5) is 14.8. The molecule has 0 unspecified atom stereocenters. The topological polar surface area (TPSA) is 109 Å². The summed E-state index contributed by atoms with van der Waals surface area (Å²) in [5, 5.41) is 22.5. The fraction of sp³-hybridized carbons (Fsp3) is 0.259. The lowest BCUT2D eigenvalue weighted by Crippen LogP contribution is -2.28. The molecule has 2 aromatic carbocycles. The van der Waals surface area contributed by atoms with Crippen molar-refractivity contribution in [3.63, 3.8) is 0 Å². The van der Waals surface area contributed by atoms with Crippen LogP contribution in [0.5, 0.6) is 0 Å². The second-order valence-electron chi connectivity index (χ2n) is 8.79. The predicted molar refractivity (Wildman–Crippen MR) is 138 cm³/mol. The molecule has 8 nitrogen and oxygen atoms in total. The predicted octanol–water partition coefficient (Wildman–Crippen LogP) is 3.26. The number of rotatable bonds is 8. The third kappa shape index (κ3) is 4.90. The van der Waals surface area contributed by atoms with Crippen LogP contribution in [0.2, 0.25) is 0 Å². The molecule has 0 aliphatic carbocycles. The highest BCUT2D eigenvalue weighted by molar-refractivity contribution is 5.89. The first kappa shape index (κ1) is 23.0. The number of benzene rings is 2. The summed E-state index contributed by atoms with van der Waals surface area (Å²) >= 11 is 0. The number of hydroxylamine groups is 1. The number of hydrogen-bond acceptors (Lipinski definition) is 7. The van der Waals surface area contributed by atoms with Crippen LogP contribution in [0, 0.1) is 0 Å². The van der Waals surface area contributed by atoms with Gasteiger partial charge in [-0.1, -0.05) is 30.8 Å². The Balaban J connectivity index is 1.36. The molecule has 8 heteroatoms. The highest BCUT2D eigenvalue weighted by atomic mass is 16.5. The molecule has 0 spiro atoms. The van der Waals surface area contributed by atoms with E-state index in [0.29, 0.717) is 23.8 Å². The average molecular weight is 471 g/mol. The van der Waals surface area contributed by atoms with Gasteiger partial charge in [-0.05, 0) is 46.9 Å². The molecule has 5 rings (SSSR count). The van der Waals surface area contributed by atoms with Gasteiger partial charge in [-0.15, -0.1) is 0 Å². The molecule has 0 radical (unpaired) electrons. The lowest BCUT2D eigenvalue weighted by Gasteiger charge is -2.20. The fourth-order valence-electron chi connectivity index (χ4n) is 4.66. The van der Waals surface area contributed by atoms with E-state index in [9.17, 15) is 0 Å². The van der Waals surface area contributed by atoms with Crippen LogP contribution in [0.4, 0.5) is 5.95 Å². The van der Waals surface area contributed by atoms with Crippen LogP contribution in [0.1, 0.15) is 22.4 Å². The second-order valence-corrected chi connectivity index (χ2v) is 8.79. The third-order valence-corrected chi connectivity index (χ3v) is 6.54. The monoisotopic (exact) mass is 470 g/mol. The van der Waals surface area contributed by atoms with Gasteiger partial charge in [-0.25, -0.2) is 9.97 Å². The van der Waals surface area contributed by atoms with Crippen molar-refractivity contribution in [2.45, 2.75) is 19.4 Å². The summed E-state index contributed by atoms with van der Waals surface area (Å²) in [6.45, 7) is 6.85. The van der Waals surface area contributed by atoms with Crippen LogP contribution < -0.4 is 15.7 Å². The molecule has 1 aliphatic heterocycles. The molecule has 180 valence electrons. The van der Waals surface area contributed by atoms with Gasteiger partial charge < -0.3 is 20.3 Å². The molecule has 2 aromatic heterocycles. The largest absolute Gasteiger partial charge is 0.395 e. The molecule has 0 fully saturated rings. The van der Waals surface area contributed by atoms with Crippen molar-refractivity contribution in [2.24, 2.45) is 0 Å². The average Bonchev–Trinajstić information content (AvgIpc) is 3.11. The Bertz CT molecular complexity index is 1330. The first-order chi connectivity index (χ1) is 17.2. The summed E-state index contributed by atoms with van der Waals surface area (Å²) in [6, 6.07) is 15.2. The van der Waals surface area contributed by atoms with E-state index in [0.717, 1.165) is 32.5 Å². The number of nitrogens with zero attached hydrogens (tertiary/aromatic N) is 3. The van der Waals surface area contributed by atoms with Crippen LogP contribution in [-0.2, 0) is 19.4 Å². The van der Waals surface area contributed by atoms with Gasteiger partial charge in [0, 0.05) is 67.2 Å². The third-order valence-electron chi connectivity index (χ3n) is 6.54. The van der Waals surface area contributed by atoms with Crippen LogP contribution >= 0.6 is 0 Å². The number of anilines is 1. The normalized spacial score (nSPS) is 13.5. The number of aromatic nitrogens is 3. The summed E-state index contributed by atoms with van der Waals surface area (Å²) in [7, 11) is 0. The minimum absolute atomic E-state index is 0.140. The van der Waals surface area contributed by atoms with Crippen molar-refractivity contribution in [2.75, 3.05) is 31.1 Å². The van der Waals surface area contributed by atoms with Crippen LogP contribution in [-0.4, -0.2) is 51.5 Å². The van der Waals surface area contributed by atoms with Crippen molar-refractivity contribution in [1.82, 2.24) is 25.7 Å². The van der Waals surface area contributed by atoms with Gasteiger partial charge in [0.1, 0.15) is 0 Å². The zero-order valence-corrected chi connectivity index (χ0v) is 19.6. The highest BCUT2D eigenvalue weighted by Crippen LogP contribution is 2.31. The lowest BCUT2D eigenvalue weighted by atomic mass is 9.99. The van der Waals surface area contributed by atoms with Crippen LogP contribution in [0.15, 0.2) is 61.4 Å². The highest BCUT2D eigenvalue weighted by Gasteiger charge is 2.20. The van der Waals surface area contributed by atoms with E-state index in [2.05, 4.69) is 74.2 Å². The van der Waals surface area contributed by atoms with E-state index in [4.69, 9.17) is 10.3 Å². The molecule has 0 saturated carbocycles. The second kappa shape index (κ2) is 10.3. The lowest BCUT2D eigenvalue weighted by molar-refractivity contribution is 0.225. The maximum Gasteiger partial charge on any atom is 0.225 e. The van der Waals surface area contributed by atoms with Gasteiger partial charge in [-0.2, -0.15) is 0 Å². The molecule has 0 saturated heterocycles. The van der Waals surface area contributed by atoms with E-state index in [1.54, 1.807) is 12.4 Å². The Labute approximate surface area is 204 Å². The molecular formula is C27H30N6O2. The molecule has 0 amide bonds. The van der Waals surface area contributed by atoms with Gasteiger partial charge in [0.25, 0.3) is 0 Å². The Morgan fingerprint density at radius 3 is 2.66 bits per heavy atom. The number of aliphatic hydroxyl groups excluding tert-OH is 1. The Morgan fingerprint density at radius 1 is 1.06 bits per heavy atom. The quantitative estimate of drug-likeness (QED) is 0.199. The first-order valence-corrected chi connectivity index (χ1v) is 11.9. The number of nitrogens with one attached hydrogen (secondary N) is 3. The minimum atomic E-state index is 0.140. The summed E-state index contributed by atoms with van der Waals surface area (Å²) in [5.74, 6) is 0.682. The van der Waals surface area contributed by atoms with E-state index >= 15 is 0 Å². The summed E-state index contributed by atoms with van der Waals surface area (Å²) in [6.07, 6.45) is 5.14. The van der Waals surface area contributed by atoms with Crippen molar-refractivity contribution in [3.8, 4) is 11.1 Å². The van der Waals surface area contributed by atoms with Crippen molar-refractivity contribution < 1.29 is 10.3 Å². The van der Waals surface area contributed by atoms with Gasteiger partial charge in [0.2, 0.25) is 5.95 Å². The molecule has 4 aromatic rings. The number of H-pyrrole nitrogens is 1. The maximum absolute atomic E-state index is 9.03. The molecule has 0 atom stereocenters. The van der Waals surface area contributed by atoms with Crippen molar-refractivity contribution in [3.05, 3.63) is 83.8 Å².